The first-order valence-electron chi connectivity index (χ1n) is 10.7. The molecule has 0 unspecified atom stereocenters. The van der Waals surface area contributed by atoms with E-state index in [1.165, 1.54) is 55.7 Å². The van der Waals surface area contributed by atoms with Gasteiger partial charge in [0.2, 0.25) is 0 Å². The van der Waals surface area contributed by atoms with E-state index < -0.39 is 17.8 Å². The van der Waals surface area contributed by atoms with Crippen molar-refractivity contribution >= 4 is 29.3 Å². The predicted octanol–water partition coefficient (Wildman–Crippen LogP) is 5.79. The molecule has 4 aliphatic rings. The fraction of sp³-hybridized carbons (Fsp3) is 0.417. The minimum absolute atomic E-state index is 0.131. The highest BCUT2D eigenvalue weighted by atomic mass is 35.5. The number of rotatable bonds is 4. The average molecular weight is 443 g/mol. The highest BCUT2D eigenvalue weighted by Crippen LogP contribution is 2.55. The summed E-state index contributed by atoms with van der Waals surface area (Å²) >= 11 is 6.08. The van der Waals surface area contributed by atoms with Crippen LogP contribution >= 0.6 is 11.6 Å². The summed E-state index contributed by atoms with van der Waals surface area (Å²) in [5.41, 5.74) is 0.377. The van der Waals surface area contributed by atoms with Crippen LogP contribution in [0.2, 0.25) is 5.02 Å². The van der Waals surface area contributed by atoms with Crippen LogP contribution in [0.4, 0.5) is 14.9 Å². The fourth-order valence-corrected chi connectivity index (χ4v) is 6.28. The summed E-state index contributed by atoms with van der Waals surface area (Å²) < 4.78 is 18.7. The summed E-state index contributed by atoms with van der Waals surface area (Å²) in [7, 11) is 0. The number of hydrogen-bond acceptors (Lipinski definition) is 3. The van der Waals surface area contributed by atoms with Crippen molar-refractivity contribution in [3.05, 3.63) is 58.9 Å². The lowest BCUT2D eigenvalue weighted by molar-refractivity contribution is -0.0161. The van der Waals surface area contributed by atoms with Crippen molar-refractivity contribution in [1.82, 2.24) is 5.32 Å². The molecule has 31 heavy (non-hydrogen) atoms. The van der Waals surface area contributed by atoms with E-state index in [4.69, 9.17) is 16.3 Å². The largest absolute Gasteiger partial charge is 0.413 e. The molecular formula is C24H24ClFN2O3. The van der Waals surface area contributed by atoms with Crippen molar-refractivity contribution in [3.8, 4) is 5.75 Å². The quantitative estimate of drug-likeness (QED) is 0.629. The maximum atomic E-state index is 13.1. The predicted molar refractivity (Wildman–Crippen MR) is 116 cm³/mol. The van der Waals surface area contributed by atoms with Gasteiger partial charge in [-0.25, -0.2) is 9.18 Å². The van der Waals surface area contributed by atoms with E-state index in [0.29, 0.717) is 28.5 Å². The molecule has 4 aliphatic carbocycles. The molecule has 5 nitrogen and oxygen atoms in total. The Morgan fingerprint density at radius 2 is 1.58 bits per heavy atom. The van der Waals surface area contributed by atoms with Gasteiger partial charge in [-0.15, -0.1) is 0 Å². The summed E-state index contributed by atoms with van der Waals surface area (Å²) in [5.74, 6) is 1.32. The van der Waals surface area contributed by atoms with Crippen LogP contribution < -0.4 is 15.4 Å². The molecule has 7 heteroatoms. The smallest absolute Gasteiger partial charge is 0.409 e. The molecule has 0 saturated heterocycles. The van der Waals surface area contributed by atoms with Gasteiger partial charge in [0.25, 0.3) is 5.91 Å². The molecule has 2 aromatic carbocycles. The molecule has 0 spiro atoms. The van der Waals surface area contributed by atoms with Gasteiger partial charge in [-0.1, -0.05) is 11.6 Å². The SMILES string of the molecule is O=C(NC12CC3CC(CC(C3)C1)C2)Oc1ccc(Cl)cc1C(=O)Nc1ccc(F)cc1. The van der Waals surface area contributed by atoms with Crippen LogP contribution in [0.25, 0.3) is 0 Å². The molecule has 0 aromatic heterocycles. The molecule has 4 bridgehead atoms. The topological polar surface area (TPSA) is 67.4 Å². The van der Waals surface area contributed by atoms with Crippen LogP contribution in [-0.2, 0) is 0 Å². The van der Waals surface area contributed by atoms with Gasteiger partial charge in [0.15, 0.2) is 0 Å². The van der Waals surface area contributed by atoms with E-state index in [0.717, 1.165) is 19.3 Å². The van der Waals surface area contributed by atoms with Gasteiger partial charge in [-0.3, -0.25) is 4.79 Å². The number of carbonyl (C=O) groups excluding carboxylic acids is 2. The minimum atomic E-state index is -0.542. The molecule has 2 aromatic rings. The lowest BCUT2D eigenvalue weighted by atomic mass is 9.53. The lowest BCUT2D eigenvalue weighted by Crippen LogP contribution is -2.60. The molecule has 0 heterocycles. The lowest BCUT2D eigenvalue weighted by Gasteiger charge is -2.56. The Labute approximate surface area is 185 Å². The van der Waals surface area contributed by atoms with Crippen molar-refractivity contribution < 1.29 is 18.7 Å². The maximum absolute atomic E-state index is 13.1. The van der Waals surface area contributed by atoms with E-state index in [-0.39, 0.29) is 16.9 Å². The van der Waals surface area contributed by atoms with Crippen LogP contribution in [0.15, 0.2) is 42.5 Å². The monoisotopic (exact) mass is 442 g/mol. The molecule has 0 radical (unpaired) electrons. The summed E-state index contributed by atoms with van der Waals surface area (Å²) in [4.78, 5) is 25.6. The minimum Gasteiger partial charge on any atom is -0.409 e. The molecule has 0 atom stereocenters. The highest BCUT2D eigenvalue weighted by molar-refractivity contribution is 6.31. The van der Waals surface area contributed by atoms with E-state index in [2.05, 4.69) is 10.6 Å². The van der Waals surface area contributed by atoms with Crippen molar-refractivity contribution in [2.45, 2.75) is 44.1 Å². The van der Waals surface area contributed by atoms with Crippen molar-refractivity contribution in [3.63, 3.8) is 0 Å². The molecular weight excluding hydrogens is 419 g/mol. The zero-order valence-corrected chi connectivity index (χ0v) is 17.8. The second-order valence-corrected chi connectivity index (χ2v) is 9.75. The molecule has 6 rings (SSSR count). The Bertz CT molecular complexity index is 989. The van der Waals surface area contributed by atoms with Crippen LogP contribution in [-0.4, -0.2) is 17.5 Å². The van der Waals surface area contributed by atoms with Gasteiger partial charge in [0.05, 0.1) is 5.56 Å². The summed E-state index contributed by atoms with van der Waals surface area (Å²) in [5, 5.41) is 6.16. The fourth-order valence-electron chi connectivity index (χ4n) is 6.11. The molecule has 4 fully saturated rings. The van der Waals surface area contributed by atoms with Crippen molar-refractivity contribution in [2.75, 3.05) is 5.32 Å². The third-order valence-electron chi connectivity index (χ3n) is 6.90. The Morgan fingerprint density at radius 3 is 2.19 bits per heavy atom. The first-order valence-corrected chi connectivity index (χ1v) is 11.1. The number of halogens is 2. The number of amides is 2. The zero-order valence-electron chi connectivity index (χ0n) is 17.0. The third-order valence-corrected chi connectivity index (χ3v) is 7.13. The normalized spacial score (nSPS) is 28.3. The van der Waals surface area contributed by atoms with Crippen LogP contribution in [0.5, 0.6) is 5.75 Å². The van der Waals surface area contributed by atoms with Gasteiger partial charge < -0.3 is 15.4 Å². The summed E-state index contributed by atoms with van der Waals surface area (Å²) in [6.07, 6.45) is 6.31. The van der Waals surface area contributed by atoms with Crippen molar-refractivity contribution in [1.29, 1.82) is 0 Å². The zero-order chi connectivity index (χ0) is 21.6. The maximum Gasteiger partial charge on any atom is 0.413 e. The van der Waals surface area contributed by atoms with Gasteiger partial charge in [-0.05, 0) is 98.7 Å². The average Bonchev–Trinajstić information content (AvgIpc) is 2.69. The molecule has 2 N–H and O–H groups in total. The Balaban J connectivity index is 1.31. The molecule has 0 aliphatic heterocycles. The number of hydrogen-bond donors (Lipinski definition) is 2. The second-order valence-electron chi connectivity index (χ2n) is 9.31. The third kappa shape index (κ3) is 4.26. The van der Waals surface area contributed by atoms with Crippen molar-refractivity contribution in [2.24, 2.45) is 17.8 Å². The molecule has 162 valence electrons. The van der Waals surface area contributed by atoms with E-state index in [1.54, 1.807) is 6.07 Å². The van der Waals surface area contributed by atoms with E-state index >= 15 is 0 Å². The van der Waals surface area contributed by atoms with Crippen LogP contribution in [0.3, 0.4) is 0 Å². The number of benzene rings is 2. The number of ether oxygens (including phenoxy) is 1. The number of nitrogens with one attached hydrogen (secondary N) is 2. The van der Waals surface area contributed by atoms with Gasteiger partial charge in [0.1, 0.15) is 11.6 Å². The first kappa shape index (κ1) is 20.3. The summed E-state index contributed by atoms with van der Waals surface area (Å²) in [6.45, 7) is 0. The van der Waals surface area contributed by atoms with Crippen LogP contribution in [0.1, 0.15) is 48.9 Å². The van der Waals surface area contributed by atoms with E-state index in [9.17, 15) is 14.0 Å². The van der Waals surface area contributed by atoms with E-state index in [1.807, 2.05) is 0 Å². The number of anilines is 1. The Kier molecular flexibility index (Phi) is 5.13. The second kappa shape index (κ2) is 7.83. The van der Waals surface area contributed by atoms with Gasteiger partial charge in [0, 0.05) is 16.2 Å². The molecule has 4 saturated carbocycles. The standard InChI is InChI=1S/C24H24ClFN2O3/c25-17-1-6-21(20(10-17)22(29)27-19-4-2-18(26)3-5-19)31-23(30)28-24-11-14-7-15(12-24)9-16(8-14)13-24/h1-6,10,14-16H,7-9,11-13H2,(H,27,29)(H,28,30). The highest BCUT2D eigenvalue weighted by Gasteiger charge is 2.51. The first-order chi connectivity index (χ1) is 14.9. The summed E-state index contributed by atoms with van der Waals surface area (Å²) in [6, 6.07) is 9.96. The van der Waals surface area contributed by atoms with Gasteiger partial charge >= 0.3 is 6.09 Å². The Morgan fingerprint density at radius 1 is 0.968 bits per heavy atom. The number of carbonyl (C=O) groups is 2. The molecule has 2 amide bonds. The van der Waals surface area contributed by atoms with Gasteiger partial charge in [-0.2, -0.15) is 0 Å². The van der Waals surface area contributed by atoms with Crippen LogP contribution in [0, 0.1) is 23.6 Å². The Hall–Kier alpha value is -2.60.